The molecule has 1 unspecified atom stereocenters. The summed E-state index contributed by atoms with van der Waals surface area (Å²) in [7, 11) is 2.01. The molecule has 5 heteroatoms. The van der Waals surface area contributed by atoms with Crippen molar-refractivity contribution in [1.29, 1.82) is 0 Å². The van der Waals surface area contributed by atoms with E-state index in [1.165, 1.54) is 9.75 Å². The summed E-state index contributed by atoms with van der Waals surface area (Å²) in [5.41, 5.74) is 0. The smallest absolute Gasteiger partial charge is 0.138 e. The molecule has 0 saturated carbocycles. The van der Waals surface area contributed by atoms with Crippen molar-refractivity contribution in [1.82, 2.24) is 20.1 Å². The van der Waals surface area contributed by atoms with Crippen molar-refractivity contribution in [3.8, 4) is 0 Å². The summed E-state index contributed by atoms with van der Waals surface area (Å²) in [5.74, 6) is 1.64. The van der Waals surface area contributed by atoms with Gasteiger partial charge in [-0.15, -0.1) is 11.3 Å². The van der Waals surface area contributed by atoms with Crippen LogP contribution in [0.5, 0.6) is 0 Å². The van der Waals surface area contributed by atoms with Crippen molar-refractivity contribution in [3.63, 3.8) is 0 Å². The minimum atomic E-state index is 0.315. The van der Waals surface area contributed by atoms with E-state index in [9.17, 15) is 0 Å². The molecule has 0 aliphatic heterocycles. The fourth-order valence-electron chi connectivity index (χ4n) is 2.24. The van der Waals surface area contributed by atoms with Crippen molar-refractivity contribution in [2.45, 2.75) is 46.2 Å². The molecule has 2 aromatic rings. The average molecular weight is 292 g/mol. The summed E-state index contributed by atoms with van der Waals surface area (Å²) in [6, 6.07) is 4.77. The van der Waals surface area contributed by atoms with E-state index >= 15 is 0 Å². The molecule has 2 rings (SSSR count). The van der Waals surface area contributed by atoms with E-state index in [4.69, 9.17) is 0 Å². The van der Waals surface area contributed by atoms with Crippen LogP contribution >= 0.6 is 11.3 Å². The second-order valence-corrected chi connectivity index (χ2v) is 6.66. The van der Waals surface area contributed by atoms with E-state index in [1.807, 2.05) is 23.1 Å². The lowest BCUT2D eigenvalue weighted by Gasteiger charge is -2.15. The molecule has 1 N–H and O–H groups in total. The molecule has 0 spiro atoms. The molecule has 2 aromatic heterocycles. The van der Waals surface area contributed by atoms with Crippen LogP contribution < -0.4 is 5.32 Å². The summed E-state index contributed by atoms with van der Waals surface area (Å²) in [6.07, 6.45) is 3.65. The second-order valence-electron chi connectivity index (χ2n) is 5.46. The largest absolute Gasteiger partial charge is 0.312 e. The van der Waals surface area contributed by atoms with E-state index < -0.39 is 0 Å². The van der Waals surface area contributed by atoms with Crippen LogP contribution in [0.3, 0.4) is 0 Å². The highest BCUT2D eigenvalue weighted by Gasteiger charge is 2.16. The van der Waals surface area contributed by atoms with Gasteiger partial charge in [0, 0.05) is 28.8 Å². The number of aryl methyl sites for hydroxylation is 1. The fraction of sp³-hybridized carbons (Fsp3) is 0.600. The molecule has 0 saturated heterocycles. The third kappa shape index (κ3) is 3.67. The third-order valence-corrected chi connectivity index (χ3v) is 4.69. The SMILES string of the molecule is CCc1ccc(C(Cc2ncnn2CC(C)C)NC)s1. The number of likely N-dealkylation sites (N-methyl/N-ethyl adjacent to an activating group) is 1. The third-order valence-electron chi connectivity index (χ3n) is 3.34. The lowest BCUT2D eigenvalue weighted by atomic mass is 10.1. The summed E-state index contributed by atoms with van der Waals surface area (Å²) in [6.45, 7) is 7.53. The molecular weight excluding hydrogens is 268 g/mol. The molecule has 0 aliphatic rings. The first kappa shape index (κ1) is 15.2. The molecule has 2 heterocycles. The molecule has 0 bridgehead atoms. The molecular formula is C15H24N4S. The predicted molar refractivity (Wildman–Crippen MR) is 84.1 cm³/mol. The second kappa shape index (κ2) is 6.99. The molecule has 1 atom stereocenters. The molecule has 4 nitrogen and oxygen atoms in total. The summed E-state index contributed by atoms with van der Waals surface area (Å²) >= 11 is 1.89. The van der Waals surface area contributed by atoms with Gasteiger partial charge in [0.1, 0.15) is 12.2 Å². The van der Waals surface area contributed by atoms with Crippen LogP contribution in [0.2, 0.25) is 0 Å². The van der Waals surface area contributed by atoms with Crippen molar-refractivity contribution in [2.24, 2.45) is 5.92 Å². The summed E-state index contributed by atoms with van der Waals surface area (Å²) in [5, 5.41) is 7.74. The molecule has 0 aromatic carbocycles. The Morgan fingerprint density at radius 1 is 1.35 bits per heavy atom. The van der Waals surface area contributed by atoms with Gasteiger partial charge >= 0.3 is 0 Å². The van der Waals surface area contributed by atoms with Gasteiger partial charge < -0.3 is 5.32 Å². The quantitative estimate of drug-likeness (QED) is 0.853. The Morgan fingerprint density at radius 3 is 2.75 bits per heavy atom. The minimum absolute atomic E-state index is 0.315. The van der Waals surface area contributed by atoms with Gasteiger partial charge in [-0.1, -0.05) is 20.8 Å². The molecule has 0 aliphatic carbocycles. The van der Waals surface area contributed by atoms with Crippen molar-refractivity contribution in [2.75, 3.05) is 7.05 Å². The number of hydrogen-bond acceptors (Lipinski definition) is 4. The summed E-state index contributed by atoms with van der Waals surface area (Å²) < 4.78 is 2.03. The van der Waals surface area contributed by atoms with Gasteiger partial charge in [0.15, 0.2) is 0 Å². The van der Waals surface area contributed by atoms with Gasteiger partial charge in [0.25, 0.3) is 0 Å². The molecule has 0 fully saturated rings. The fourth-order valence-corrected chi connectivity index (χ4v) is 3.31. The van der Waals surface area contributed by atoms with Crippen molar-refractivity contribution in [3.05, 3.63) is 34.0 Å². The monoisotopic (exact) mass is 292 g/mol. The van der Waals surface area contributed by atoms with E-state index in [1.54, 1.807) is 6.33 Å². The van der Waals surface area contributed by atoms with Crippen LogP contribution in [0.15, 0.2) is 18.5 Å². The van der Waals surface area contributed by atoms with E-state index in [0.29, 0.717) is 12.0 Å². The first-order valence-electron chi connectivity index (χ1n) is 7.26. The van der Waals surface area contributed by atoms with Crippen LogP contribution in [0.4, 0.5) is 0 Å². The van der Waals surface area contributed by atoms with E-state index in [-0.39, 0.29) is 0 Å². The Kier molecular flexibility index (Phi) is 5.31. The molecule has 110 valence electrons. The standard InChI is InChI=1S/C15H24N4S/c1-5-12-6-7-14(20-12)13(16-4)8-15-17-10-18-19(15)9-11(2)3/h6-7,10-11,13,16H,5,8-9H2,1-4H3. The molecule has 20 heavy (non-hydrogen) atoms. The Balaban J connectivity index is 2.12. The van der Waals surface area contributed by atoms with Crippen LogP contribution in [0.25, 0.3) is 0 Å². The summed E-state index contributed by atoms with van der Waals surface area (Å²) in [4.78, 5) is 7.24. The first-order chi connectivity index (χ1) is 9.63. The van der Waals surface area contributed by atoms with Gasteiger partial charge in [-0.2, -0.15) is 5.10 Å². The molecule has 0 radical (unpaired) electrons. The van der Waals surface area contributed by atoms with Crippen LogP contribution in [0, 0.1) is 5.92 Å². The van der Waals surface area contributed by atoms with Gasteiger partial charge in [-0.25, -0.2) is 9.67 Å². The number of nitrogens with zero attached hydrogens (tertiary/aromatic N) is 3. The minimum Gasteiger partial charge on any atom is -0.312 e. The lowest BCUT2D eigenvalue weighted by Crippen LogP contribution is -2.21. The number of thiophene rings is 1. The Hall–Kier alpha value is -1.20. The van der Waals surface area contributed by atoms with Gasteiger partial charge in [0.05, 0.1) is 0 Å². The van der Waals surface area contributed by atoms with Gasteiger partial charge in [-0.05, 0) is 31.5 Å². The highest BCUT2D eigenvalue weighted by molar-refractivity contribution is 7.12. The van der Waals surface area contributed by atoms with Crippen LogP contribution in [-0.4, -0.2) is 21.8 Å². The Morgan fingerprint density at radius 2 is 2.15 bits per heavy atom. The maximum Gasteiger partial charge on any atom is 0.138 e. The predicted octanol–water partition coefficient (Wildman–Crippen LogP) is 3.06. The number of nitrogens with one attached hydrogen (secondary N) is 1. The van der Waals surface area contributed by atoms with Gasteiger partial charge in [-0.3, -0.25) is 0 Å². The van der Waals surface area contributed by atoms with E-state index in [2.05, 4.69) is 48.3 Å². The van der Waals surface area contributed by atoms with E-state index in [0.717, 1.165) is 25.2 Å². The lowest BCUT2D eigenvalue weighted by molar-refractivity contribution is 0.452. The Bertz CT molecular complexity index is 529. The van der Waals surface area contributed by atoms with Crippen molar-refractivity contribution >= 4 is 11.3 Å². The average Bonchev–Trinajstić information content (AvgIpc) is 3.04. The molecule has 0 amide bonds. The maximum absolute atomic E-state index is 4.43. The normalized spacial score (nSPS) is 13.1. The highest BCUT2D eigenvalue weighted by Crippen LogP contribution is 2.25. The number of hydrogen-bond donors (Lipinski definition) is 1. The zero-order valence-electron chi connectivity index (χ0n) is 12.8. The zero-order valence-corrected chi connectivity index (χ0v) is 13.6. The topological polar surface area (TPSA) is 42.7 Å². The number of rotatable bonds is 7. The number of aromatic nitrogens is 3. The van der Waals surface area contributed by atoms with Crippen molar-refractivity contribution < 1.29 is 0 Å². The highest BCUT2D eigenvalue weighted by atomic mass is 32.1. The maximum atomic E-state index is 4.43. The van der Waals surface area contributed by atoms with Crippen LogP contribution in [-0.2, 0) is 19.4 Å². The van der Waals surface area contributed by atoms with Crippen LogP contribution in [0.1, 0.15) is 42.4 Å². The van der Waals surface area contributed by atoms with Gasteiger partial charge in [0.2, 0.25) is 0 Å². The first-order valence-corrected chi connectivity index (χ1v) is 8.08. The zero-order chi connectivity index (χ0) is 14.5. The Labute approximate surface area is 125 Å².